The summed E-state index contributed by atoms with van der Waals surface area (Å²) >= 11 is 0. The Labute approximate surface area is 171 Å². The molecule has 1 radical (unpaired) electrons. The number of rotatable bonds is 19. The molecule has 0 N–H and O–H groups in total. The minimum absolute atomic E-state index is 1.12. The van der Waals surface area contributed by atoms with Gasteiger partial charge in [0, 0.05) is 0 Å². The second-order valence-corrected chi connectivity index (χ2v) is 8.58. The highest BCUT2D eigenvalue weighted by Crippen LogP contribution is 2.15. The Bertz CT molecular complexity index is 403. The normalized spacial score (nSPS) is 11.2. The van der Waals surface area contributed by atoms with Gasteiger partial charge in [-0.05, 0) is 30.9 Å². The lowest BCUT2D eigenvalue weighted by Crippen LogP contribution is -1.87. The first-order chi connectivity index (χ1) is 13.3. The average molecular weight is 372 g/mol. The first-order valence-electron chi connectivity index (χ1n) is 12.2. The number of hydrogen-bond acceptors (Lipinski definition) is 0. The Balaban J connectivity index is 1.71. The van der Waals surface area contributed by atoms with Crippen LogP contribution in [-0.4, -0.2) is 0 Å². The van der Waals surface area contributed by atoms with E-state index in [0.717, 1.165) is 5.56 Å². The molecule has 1 aromatic rings. The van der Waals surface area contributed by atoms with Crippen molar-refractivity contribution in [3.63, 3.8) is 0 Å². The highest BCUT2D eigenvalue weighted by atomic mass is 14.0. The van der Waals surface area contributed by atoms with E-state index in [1.165, 1.54) is 128 Å². The fourth-order valence-corrected chi connectivity index (χ4v) is 3.94. The molecule has 0 amide bonds. The maximum Gasteiger partial charge on any atom is -0.0238 e. The van der Waals surface area contributed by atoms with Gasteiger partial charge < -0.3 is 0 Å². The van der Waals surface area contributed by atoms with E-state index in [4.69, 9.17) is 0 Å². The molecule has 0 saturated heterocycles. The van der Waals surface area contributed by atoms with Crippen molar-refractivity contribution in [2.45, 2.75) is 129 Å². The maximum atomic E-state index is 3.95. The van der Waals surface area contributed by atoms with Crippen LogP contribution in [0.4, 0.5) is 0 Å². The zero-order chi connectivity index (χ0) is 19.4. The van der Waals surface area contributed by atoms with Gasteiger partial charge in [-0.3, -0.25) is 0 Å². The summed E-state index contributed by atoms with van der Waals surface area (Å²) in [6, 6.07) is 8.72. The summed E-state index contributed by atoms with van der Waals surface area (Å²) in [4.78, 5) is 0. The number of aryl methyl sites for hydroxylation is 1. The van der Waals surface area contributed by atoms with Gasteiger partial charge in [0.25, 0.3) is 0 Å². The fourth-order valence-electron chi connectivity index (χ4n) is 3.94. The quantitative estimate of drug-likeness (QED) is 0.212. The van der Waals surface area contributed by atoms with Crippen molar-refractivity contribution in [2.24, 2.45) is 0 Å². The summed E-state index contributed by atoms with van der Waals surface area (Å²) in [6.07, 6.45) is 27.3. The predicted molar refractivity (Wildman–Crippen MR) is 123 cm³/mol. The zero-order valence-electron chi connectivity index (χ0n) is 18.5. The van der Waals surface area contributed by atoms with Crippen molar-refractivity contribution in [1.82, 2.24) is 0 Å². The van der Waals surface area contributed by atoms with Crippen LogP contribution in [0.5, 0.6) is 0 Å². The van der Waals surface area contributed by atoms with Crippen LogP contribution in [0.1, 0.15) is 134 Å². The molecule has 0 unspecified atom stereocenters. The standard InChI is InChI=1S/C27H47/c1-3-4-5-6-7-8-9-10-11-12-13-14-15-16-17-18-19-20-21-27-24-22-26(2)23-25-27/h22-25H,2-21H2,1H3. The molecule has 0 bridgehead atoms. The third-order valence-corrected chi connectivity index (χ3v) is 5.84. The molecule has 155 valence electrons. The second-order valence-electron chi connectivity index (χ2n) is 8.58. The molecule has 0 atom stereocenters. The average Bonchev–Trinajstić information content (AvgIpc) is 2.68. The molecule has 0 aliphatic carbocycles. The summed E-state index contributed by atoms with van der Waals surface area (Å²) in [7, 11) is 0. The van der Waals surface area contributed by atoms with Crippen LogP contribution in [0.2, 0.25) is 0 Å². The molecule has 0 nitrogen and oxygen atoms in total. The van der Waals surface area contributed by atoms with Crippen molar-refractivity contribution < 1.29 is 0 Å². The predicted octanol–water partition coefficient (Wildman–Crippen LogP) is 9.45. The van der Waals surface area contributed by atoms with Crippen molar-refractivity contribution in [3.05, 3.63) is 42.3 Å². The summed E-state index contributed by atoms with van der Waals surface area (Å²) < 4.78 is 0. The van der Waals surface area contributed by atoms with E-state index in [1.807, 2.05) is 0 Å². The van der Waals surface area contributed by atoms with Gasteiger partial charge in [-0.1, -0.05) is 140 Å². The van der Waals surface area contributed by atoms with E-state index in [-0.39, 0.29) is 0 Å². The molecule has 0 aliphatic heterocycles. The van der Waals surface area contributed by atoms with E-state index in [2.05, 4.69) is 38.1 Å². The number of unbranched alkanes of at least 4 members (excludes halogenated alkanes) is 17. The minimum atomic E-state index is 1.12. The van der Waals surface area contributed by atoms with Gasteiger partial charge in [0.2, 0.25) is 0 Å². The van der Waals surface area contributed by atoms with Crippen molar-refractivity contribution in [3.8, 4) is 0 Å². The molecule has 0 heterocycles. The third-order valence-electron chi connectivity index (χ3n) is 5.84. The molecule has 1 rings (SSSR count). The lowest BCUT2D eigenvalue weighted by atomic mass is 10.0. The summed E-state index contributed by atoms with van der Waals surface area (Å²) in [5.41, 5.74) is 2.59. The fraction of sp³-hybridized carbons (Fsp3) is 0.741. The third kappa shape index (κ3) is 15.9. The topological polar surface area (TPSA) is 0 Å². The maximum absolute atomic E-state index is 3.95. The van der Waals surface area contributed by atoms with E-state index >= 15 is 0 Å². The second kappa shape index (κ2) is 18.6. The van der Waals surface area contributed by atoms with Crippen molar-refractivity contribution in [2.75, 3.05) is 0 Å². The van der Waals surface area contributed by atoms with Crippen LogP contribution >= 0.6 is 0 Å². The summed E-state index contributed by atoms with van der Waals surface area (Å²) in [5.74, 6) is 0. The first kappa shape index (κ1) is 24.3. The molecule has 1 aromatic carbocycles. The van der Waals surface area contributed by atoms with Crippen LogP contribution < -0.4 is 0 Å². The zero-order valence-corrected chi connectivity index (χ0v) is 18.5. The Kier molecular flexibility index (Phi) is 16.7. The lowest BCUT2D eigenvalue weighted by molar-refractivity contribution is 0.525. The molecule has 0 aliphatic rings. The Morgan fingerprint density at radius 2 is 0.815 bits per heavy atom. The summed E-state index contributed by atoms with van der Waals surface area (Å²) in [6.45, 7) is 6.24. The van der Waals surface area contributed by atoms with E-state index in [1.54, 1.807) is 0 Å². The smallest absolute Gasteiger partial charge is 0.0238 e. The van der Waals surface area contributed by atoms with Gasteiger partial charge in [0.15, 0.2) is 0 Å². The molecule has 0 spiro atoms. The molecule has 0 fully saturated rings. The first-order valence-corrected chi connectivity index (χ1v) is 12.2. The van der Waals surface area contributed by atoms with Gasteiger partial charge in [-0.2, -0.15) is 0 Å². The van der Waals surface area contributed by atoms with Crippen LogP contribution in [0.3, 0.4) is 0 Å². The van der Waals surface area contributed by atoms with Crippen molar-refractivity contribution in [1.29, 1.82) is 0 Å². The van der Waals surface area contributed by atoms with E-state index < -0.39 is 0 Å². The van der Waals surface area contributed by atoms with Crippen LogP contribution in [0.15, 0.2) is 24.3 Å². The van der Waals surface area contributed by atoms with Gasteiger partial charge in [0.05, 0.1) is 0 Å². The van der Waals surface area contributed by atoms with E-state index in [9.17, 15) is 0 Å². The molecular formula is C27H47. The Morgan fingerprint density at radius 1 is 0.481 bits per heavy atom. The minimum Gasteiger partial charge on any atom is -0.0654 e. The highest BCUT2D eigenvalue weighted by molar-refractivity contribution is 5.24. The van der Waals surface area contributed by atoms with Gasteiger partial charge in [0.1, 0.15) is 0 Å². The number of hydrogen-bond donors (Lipinski definition) is 0. The monoisotopic (exact) mass is 371 g/mol. The van der Waals surface area contributed by atoms with Crippen LogP contribution in [-0.2, 0) is 6.42 Å². The van der Waals surface area contributed by atoms with E-state index in [0.29, 0.717) is 0 Å². The van der Waals surface area contributed by atoms with Gasteiger partial charge >= 0.3 is 0 Å². The SMILES string of the molecule is [CH2]c1ccc(CCCCCCCCCCCCCCCCCCCC)cc1. The van der Waals surface area contributed by atoms with Crippen LogP contribution in [0.25, 0.3) is 0 Å². The largest absolute Gasteiger partial charge is 0.0654 e. The molecule has 27 heavy (non-hydrogen) atoms. The van der Waals surface area contributed by atoms with Gasteiger partial charge in [-0.25, -0.2) is 0 Å². The van der Waals surface area contributed by atoms with Crippen LogP contribution in [0, 0.1) is 6.92 Å². The molecular weight excluding hydrogens is 324 g/mol. The van der Waals surface area contributed by atoms with Gasteiger partial charge in [-0.15, -0.1) is 0 Å². The molecule has 0 aromatic heterocycles. The molecule has 0 saturated carbocycles. The lowest BCUT2D eigenvalue weighted by Gasteiger charge is -2.04. The summed E-state index contributed by atoms with van der Waals surface area (Å²) in [5, 5.41) is 0. The number of benzene rings is 1. The van der Waals surface area contributed by atoms with Crippen molar-refractivity contribution >= 4 is 0 Å². The highest BCUT2D eigenvalue weighted by Gasteiger charge is 1.96. The molecule has 0 heteroatoms. The Hall–Kier alpha value is -0.780. The Morgan fingerprint density at radius 3 is 1.19 bits per heavy atom.